The molecule has 27 heavy (non-hydrogen) atoms. The van der Waals surface area contributed by atoms with Crippen molar-refractivity contribution in [1.82, 2.24) is 0 Å². The Kier molecular flexibility index (Phi) is 6.28. The Labute approximate surface area is 163 Å². The molecular weight excluding hydrogens is 428 g/mol. The fourth-order valence-electron chi connectivity index (χ4n) is 2.17. The summed E-state index contributed by atoms with van der Waals surface area (Å²) < 4.78 is 63.1. The number of halogens is 5. The van der Waals surface area contributed by atoms with Gasteiger partial charge in [0.05, 0.1) is 27.6 Å². The number of rotatable bonds is 5. The Balaban J connectivity index is 2.27. The second-order valence-electron chi connectivity index (χ2n) is 5.47. The molecule has 5 nitrogen and oxygen atoms in total. The van der Waals surface area contributed by atoms with Gasteiger partial charge in [-0.05, 0) is 30.3 Å². The van der Waals surface area contributed by atoms with Gasteiger partial charge in [0.1, 0.15) is 6.54 Å². The molecule has 0 aliphatic rings. The third kappa shape index (κ3) is 5.50. The fraction of sp³-hybridized carbons (Fsp3) is 0.188. The molecule has 2 rings (SSSR count). The maximum absolute atomic E-state index is 12.7. The number of nitrogens with zero attached hydrogens (tertiary/aromatic N) is 1. The zero-order valence-electron chi connectivity index (χ0n) is 13.7. The number of sulfonamides is 1. The van der Waals surface area contributed by atoms with Crippen LogP contribution in [0.4, 0.5) is 24.5 Å². The summed E-state index contributed by atoms with van der Waals surface area (Å²) in [5, 5.41) is 2.25. The molecule has 0 aliphatic carbocycles. The summed E-state index contributed by atoms with van der Waals surface area (Å²) in [4.78, 5) is 12.2. The minimum atomic E-state index is -4.58. The van der Waals surface area contributed by atoms with Crippen molar-refractivity contribution in [3.8, 4) is 0 Å². The summed E-state index contributed by atoms with van der Waals surface area (Å²) in [6, 6.07) is 8.22. The third-order valence-electron chi connectivity index (χ3n) is 3.36. The lowest BCUT2D eigenvalue weighted by Crippen LogP contribution is -2.37. The van der Waals surface area contributed by atoms with E-state index in [9.17, 15) is 26.4 Å². The van der Waals surface area contributed by atoms with Gasteiger partial charge in [0, 0.05) is 5.69 Å². The number of carbonyl (C=O) groups is 1. The number of anilines is 2. The SMILES string of the molecule is CS(=O)(=O)N(CC(=O)Nc1cccc(C(F)(F)F)c1)c1cccc(Cl)c1Cl. The van der Waals surface area contributed by atoms with E-state index in [1.54, 1.807) is 0 Å². The standard InChI is InChI=1S/C16H13Cl2F3N2O3S/c1-27(25,26)23(13-7-3-6-12(17)15(13)18)9-14(24)22-11-5-2-4-10(8-11)16(19,20)21/h2-8H,9H2,1H3,(H,22,24). The van der Waals surface area contributed by atoms with E-state index in [0.29, 0.717) is 4.31 Å². The van der Waals surface area contributed by atoms with Gasteiger partial charge in [0.15, 0.2) is 0 Å². The third-order valence-corrected chi connectivity index (χ3v) is 5.30. The monoisotopic (exact) mass is 440 g/mol. The lowest BCUT2D eigenvalue weighted by Gasteiger charge is -2.23. The predicted molar refractivity (Wildman–Crippen MR) is 98.7 cm³/mol. The highest BCUT2D eigenvalue weighted by Crippen LogP contribution is 2.34. The Hall–Kier alpha value is -1.97. The van der Waals surface area contributed by atoms with E-state index in [4.69, 9.17) is 23.2 Å². The topological polar surface area (TPSA) is 66.5 Å². The van der Waals surface area contributed by atoms with Crippen LogP contribution in [0, 0.1) is 0 Å². The van der Waals surface area contributed by atoms with Crippen molar-refractivity contribution >= 4 is 50.5 Å². The van der Waals surface area contributed by atoms with E-state index in [0.717, 1.165) is 24.5 Å². The average Bonchev–Trinajstić information content (AvgIpc) is 2.54. The van der Waals surface area contributed by atoms with Crippen molar-refractivity contribution in [2.45, 2.75) is 6.18 Å². The van der Waals surface area contributed by atoms with E-state index in [2.05, 4.69) is 5.32 Å². The first-order chi connectivity index (χ1) is 12.4. The zero-order chi connectivity index (χ0) is 20.4. The number of amides is 1. The van der Waals surface area contributed by atoms with Gasteiger partial charge in [-0.15, -0.1) is 0 Å². The molecule has 0 saturated heterocycles. The summed E-state index contributed by atoms with van der Waals surface area (Å²) in [7, 11) is -3.93. The quantitative estimate of drug-likeness (QED) is 0.748. The summed E-state index contributed by atoms with van der Waals surface area (Å²) in [5.74, 6) is -0.851. The number of hydrogen-bond donors (Lipinski definition) is 1. The second kappa shape index (κ2) is 7.95. The first-order valence-electron chi connectivity index (χ1n) is 7.28. The molecule has 0 saturated carbocycles. The van der Waals surface area contributed by atoms with Crippen molar-refractivity contribution in [2.24, 2.45) is 0 Å². The highest BCUT2D eigenvalue weighted by Gasteiger charge is 2.30. The van der Waals surface area contributed by atoms with Gasteiger partial charge in [-0.25, -0.2) is 8.42 Å². The number of nitrogens with one attached hydrogen (secondary N) is 1. The van der Waals surface area contributed by atoms with Crippen molar-refractivity contribution < 1.29 is 26.4 Å². The lowest BCUT2D eigenvalue weighted by atomic mass is 10.2. The predicted octanol–water partition coefficient (Wildman–Crippen LogP) is 4.42. The van der Waals surface area contributed by atoms with Gasteiger partial charge in [0.25, 0.3) is 0 Å². The molecule has 1 N–H and O–H groups in total. The van der Waals surface area contributed by atoms with Crippen LogP contribution in [0.25, 0.3) is 0 Å². The van der Waals surface area contributed by atoms with E-state index in [1.807, 2.05) is 0 Å². The van der Waals surface area contributed by atoms with Crippen LogP contribution in [-0.4, -0.2) is 27.1 Å². The van der Waals surface area contributed by atoms with Crippen LogP contribution in [0.15, 0.2) is 42.5 Å². The molecule has 0 radical (unpaired) electrons. The fourth-order valence-corrected chi connectivity index (χ4v) is 3.48. The van der Waals surface area contributed by atoms with Crippen LogP contribution < -0.4 is 9.62 Å². The Morgan fingerprint density at radius 1 is 1.15 bits per heavy atom. The molecule has 0 atom stereocenters. The Morgan fingerprint density at radius 2 is 1.78 bits per heavy atom. The molecule has 2 aromatic carbocycles. The molecule has 11 heteroatoms. The van der Waals surface area contributed by atoms with Crippen molar-refractivity contribution in [3.05, 3.63) is 58.1 Å². The molecule has 1 amide bonds. The van der Waals surface area contributed by atoms with Crippen LogP contribution in [-0.2, 0) is 21.0 Å². The first-order valence-corrected chi connectivity index (χ1v) is 9.89. The van der Waals surface area contributed by atoms with Gasteiger partial charge < -0.3 is 5.32 Å². The number of benzene rings is 2. The molecule has 0 aromatic heterocycles. The summed E-state index contributed by atoms with van der Waals surface area (Å²) in [5.41, 5.74) is -1.09. The minimum Gasteiger partial charge on any atom is -0.325 e. The Morgan fingerprint density at radius 3 is 2.37 bits per heavy atom. The maximum atomic E-state index is 12.7. The molecule has 0 fully saturated rings. The summed E-state index contributed by atoms with van der Waals surface area (Å²) in [6.07, 6.45) is -3.71. The highest BCUT2D eigenvalue weighted by atomic mass is 35.5. The minimum absolute atomic E-state index is 0.0224. The first kappa shape index (κ1) is 21.3. The van der Waals surface area contributed by atoms with E-state index in [-0.39, 0.29) is 21.4 Å². The number of hydrogen-bond acceptors (Lipinski definition) is 3. The molecule has 0 aliphatic heterocycles. The number of alkyl halides is 3. The van der Waals surface area contributed by atoms with Crippen molar-refractivity contribution in [3.63, 3.8) is 0 Å². The van der Waals surface area contributed by atoms with Gasteiger partial charge >= 0.3 is 6.18 Å². The molecular formula is C16H13Cl2F3N2O3S. The van der Waals surface area contributed by atoms with Crippen molar-refractivity contribution in [1.29, 1.82) is 0 Å². The van der Waals surface area contributed by atoms with Gasteiger partial charge in [-0.2, -0.15) is 13.2 Å². The summed E-state index contributed by atoms with van der Waals surface area (Å²) in [6.45, 7) is -0.699. The van der Waals surface area contributed by atoms with Crippen LogP contribution in [0.1, 0.15) is 5.56 Å². The molecule has 0 spiro atoms. The maximum Gasteiger partial charge on any atom is 0.416 e. The van der Waals surface area contributed by atoms with Crippen LogP contribution in [0.2, 0.25) is 10.0 Å². The molecule has 0 bridgehead atoms. The highest BCUT2D eigenvalue weighted by molar-refractivity contribution is 7.92. The van der Waals surface area contributed by atoms with Crippen molar-refractivity contribution in [2.75, 3.05) is 22.4 Å². The normalized spacial score (nSPS) is 11.9. The average molecular weight is 441 g/mol. The van der Waals surface area contributed by atoms with E-state index < -0.39 is 34.2 Å². The summed E-state index contributed by atoms with van der Waals surface area (Å²) >= 11 is 11.9. The van der Waals surface area contributed by atoms with Gasteiger partial charge in [-0.1, -0.05) is 35.3 Å². The van der Waals surface area contributed by atoms with Gasteiger partial charge in [0.2, 0.25) is 15.9 Å². The zero-order valence-corrected chi connectivity index (χ0v) is 16.0. The van der Waals surface area contributed by atoms with Crippen LogP contribution >= 0.6 is 23.2 Å². The number of carbonyl (C=O) groups excluding carboxylic acids is 1. The smallest absolute Gasteiger partial charge is 0.325 e. The molecule has 146 valence electrons. The molecule has 0 heterocycles. The largest absolute Gasteiger partial charge is 0.416 e. The van der Waals surface area contributed by atoms with E-state index >= 15 is 0 Å². The van der Waals surface area contributed by atoms with Crippen LogP contribution in [0.3, 0.4) is 0 Å². The molecule has 2 aromatic rings. The molecule has 0 unspecified atom stereocenters. The van der Waals surface area contributed by atoms with E-state index in [1.165, 1.54) is 24.3 Å². The second-order valence-corrected chi connectivity index (χ2v) is 8.16. The lowest BCUT2D eigenvalue weighted by molar-refractivity contribution is -0.137. The van der Waals surface area contributed by atoms with Crippen LogP contribution in [0.5, 0.6) is 0 Å². The van der Waals surface area contributed by atoms with Gasteiger partial charge in [-0.3, -0.25) is 9.10 Å². The Bertz CT molecular complexity index is 966.